The normalized spacial score (nSPS) is 17.9. The lowest BCUT2D eigenvalue weighted by Crippen LogP contribution is -2.25. The predicted molar refractivity (Wildman–Crippen MR) is 40.6 cm³/mol. The van der Waals surface area contributed by atoms with E-state index in [-0.39, 0.29) is 0 Å². The molecule has 0 N–H and O–H groups in total. The Hall–Kier alpha value is -0.670. The van der Waals surface area contributed by atoms with Gasteiger partial charge in [-0.25, -0.2) is 9.97 Å². The van der Waals surface area contributed by atoms with Crippen LogP contribution < -0.4 is 0 Å². The molecule has 0 spiro atoms. The van der Waals surface area contributed by atoms with E-state index in [0.717, 1.165) is 18.8 Å². The first-order valence-electron chi connectivity index (χ1n) is 3.41. The molecule has 1 saturated heterocycles. The monoisotopic (exact) mass is 170 g/mol. The first-order chi connectivity index (χ1) is 5.36. The Bertz CT molecular complexity index is 245. The fourth-order valence-electron chi connectivity index (χ4n) is 0.961. The van der Waals surface area contributed by atoms with Gasteiger partial charge in [0.05, 0.1) is 13.2 Å². The second-order valence-electron chi connectivity index (χ2n) is 2.52. The summed E-state index contributed by atoms with van der Waals surface area (Å²) in [5.74, 6) is 0.479. The minimum Gasteiger partial charge on any atom is -0.380 e. The minimum atomic E-state index is 0.300. The second kappa shape index (κ2) is 2.75. The average molecular weight is 171 g/mol. The Labute approximate surface area is 69.4 Å². The van der Waals surface area contributed by atoms with Crippen molar-refractivity contribution in [3.05, 3.63) is 23.2 Å². The van der Waals surface area contributed by atoms with Crippen LogP contribution in [0.5, 0.6) is 0 Å². The highest BCUT2D eigenvalue weighted by Crippen LogP contribution is 2.22. The first kappa shape index (κ1) is 7.00. The van der Waals surface area contributed by atoms with Crippen LogP contribution in [-0.4, -0.2) is 23.2 Å². The molecule has 0 aliphatic carbocycles. The van der Waals surface area contributed by atoms with Crippen LogP contribution in [0.3, 0.4) is 0 Å². The van der Waals surface area contributed by atoms with Gasteiger partial charge in [-0.1, -0.05) is 0 Å². The van der Waals surface area contributed by atoms with E-state index in [1.54, 1.807) is 12.4 Å². The largest absolute Gasteiger partial charge is 0.380 e. The fraction of sp³-hybridized carbons (Fsp3) is 0.429. The molecule has 0 bridgehead atoms. The van der Waals surface area contributed by atoms with E-state index in [9.17, 15) is 0 Å². The number of ether oxygens (including phenoxy) is 1. The molecule has 11 heavy (non-hydrogen) atoms. The van der Waals surface area contributed by atoms with Gasteiger partial charge in [0.1, 0.15) is 0 Å². The Kier molecular flexibility index (Phi) is 1.75. The summed E-state index contributed by atoms with van der Waals surface area (Å²) < 4.78 is 5.03. The lowest BCUT2D eigenvalue weighted by Gasteiger charge is -2.25. The van der Waals surface area contributed by atoms with E-state index >= 15 is 0 Å². The molecule has 0 unspecified atom stereocenters. The van der Waals surface area contributed by atoms with Gasteiger partial charge in [0, 0.05) is 18.3 Å². The van der Waals surface area contributed by atoms with Gasteiger partial charge in [-0.2, -0.15) is 0 Å². The highest BCUT2D eigenvalue weighted by atomic mass is 35.5. The van der Waals surface area contributed by atoms with Gasteiger partial charge in [0.15, 0.2) is 0 Å². The van der Waals surface area contributed by atoms with E-state index in [2.05, 4.69) is 9.97 Å². The lowest BCUT2D eigenvalue weighted by molar-refractivity contribution is 0.00815. The van der Waals surface area contributed by atoms with Crippen LogP contribution in [0, 0.1) is 0 Å². The van der Waals surface area contributed by atoms with Crippen LogP contribution in [0.15, 0.2) is 12.4 Å². The molecule has 0 atom stereocenters. The number of nitrogens with zero attached hydrogens (tertiary/aromatic N) is 2. The molecular formula is C7H7ClN2O. The maximum absolute atomic E-state index is 5.52. The van der Waals surface area contributed by atoms with Gasteiger partial charge in [-0.3, -0.25) is 0 Å². The van der Waals surface area contributed by atoms with Crippen molar-refractivity contribution in [3.63, 3.8) is 0 Å². The molecule has 0 aromatic carbocycles. The van der Waals surface area contributed by atoms with Crippen molar-refractivity contribution in [2.24, 2.45) is 0 Å². The maximum Gasteiger partial charge on any atom is 0.222 e. The summed E-state index contributed by atoms with van der Waals surface area (Å²) in [6.07, 6.45) is 3.50. The van der Waals surface area contributed by atoms with Crippen LogP contribution in [0.1, 0.15) is 11.5 Å². The summed E-state index contributed by atoms with van der Waals surface area (Å²) in [6.45, 7) is 1.57. The Morgan fingerprint density at radius 1 is 1.36 bits per heavy atom. The van der Waals surface area contributed by atoms with E-state index in [1.165, 1.54) is 0 Å². The molecule has 0 radical (unpaired) electrons. The SMILES string of the molecule is Clc1ncc(C2COC2)cn1. The number of aromatic nitrogens is 2. The van der Waals surface area contributed by atoms with Crippen molar-refractivity contribution >= 4 is 11.6 Å². The highest BCUT2D eigenvalue weighted by molar-refractivity contribution is 6.28. The molecule has 1 aliphatic rings. The van der Waals surface area contributed by atoms with Crippen molar-refractivity contribution in [1.29, 1.82) is 0 Å². The van der Waals surface area contributed by atoms with Gasteiger partial charge < -0.3 is 4.74 Å². The van der Waals surface area contributed by atoms with E-state index in [0.29, 0.717) is 11.2 Å². The molecule has 58 valence electrons. The summed E-state index contributed by atoms with van der Waals surface area (Å²) in [6, 6.07) is 0. The van der Waals surface area contributed by atoms with E-state index in [4.69, 9.17) is 16.3 Å². The van der Waals surface area contributed by atoms with E-state index in [1.807, 2.05) is 0 Å². The zero-order valence-electron chi connectivity index (χ0n) is 5.83. The molecule has 0 amide bonds. The van der Waals surface area contributed by atoms with E-state index < -0.39 is 0 Å². The summed E-state index contributed by atoms with van der Waals surface area (Å²) in [4.78, 5) is 7.76. The molecule has 0 saturated carbocycles. The zero-order valence-corrected chi connectivity index (χ0v) is 6.58. The van der Waals surface area contributed by atoms with Crippen molar-refractivity contribution < 1.29 is 4.74 Å². The van der Waals surface area contributed by atoms with Crippen LogP contribution in [0.4, 0.5) is 0 Å². The van der Waals surface area contributed by atoms with Crippen LogP contribution in [0.2, 0.25) is 5.28 Å². The molecule has 1 fully saturated rings. The average Bonchev–Trinajstić information content (AvgIpc) is 1.90. The summed E-state index contributed by atoms with van der Waals surface area (Å²) in [7, 11) is 0. The number of hydrogen-bond donors (Lipinski definition) is 0. The number of rotatable bonds is 1. The van der Waals surface area contributed by atoms with Crippen molar-refractivity contribution in [2.45, 2.75) is 5.92 Å². The quantitative estimate of drug-likeness (QED) is 0.595. The number of halogens is 1. The fourth-order valence-corrected chi connectivity index (χ4v) is 1.06. The van der Waals surface area contributed by atoms with Crippen LogP contribution in [0.25, 0.3) is 0 Å². The predicted octanol–water partition coefficient (Wildman–Crippen LogP) is 1.24. The van der Waals surface area contributed by atoms with Crippen molar-refractivity contribution in [2.75, 3.05) is 13.2 Å². The molecule has 1 aromatic heterocycles. The first-order valence-corrected chi connectivity index (χ1v) is 3.79. The highest BCUT2D eigenvalue weighted by Gasteiger charge is 2.20. The van der Waals surface area contributed by atoms with Gasteiger partial charge in [0.25, 0.3) is 0 Å². The molecule has 1 aromatic rings. The Morgan fingerprint density at radius 3 is 2.45 bits per heavy atom. The smallest absolute Gasteiger partial charge is 0.222 e. The standard InChI is InChI=1S/C7H7ClN2O/c8-7-9-1-5(2-10-7)6-3-11-4-6/h1-2,6H,3-4H2. The molecule has 1 aliphatic heterocycles. The van der Waals surface area contributed by atoms with Gasteiger partial charge >= 0.3 is 0 Å². The summed E-state index contributed by atoms with van der Waals surface area (Å²) >= 11 is 5.52. The number of hydrogen-bond acceptors (Lipinski definition) is 3. The molecule has 2 heterocycles. The van der Waals surface area contributed by atoms with Crippen molar-refractivity contribution in [1.82, 2.24) is 9.97 Å². The molecule has 2 rings (SSSR count). The molecular weight excluding hydrogens is 164 g/mol. The third kappa shape index (κ3) is 1.34. The van der Waals surface area contributed by atoms with Gasteiger partial charge in [0.2, 0.25) is 5.28 Å². The molecule has 4 heteroatoms. The third-order valence-electron chi connectivity index (χ3n) is 1.75. The van der Waals surface area contributed by atoms with Crippen LogP contribution in [-0.2, 0) is 4.74 Å². The second-order valence-corrected chi connectivity index (χ2v) is 2.86. The lowest BCUT2D eigenvalue weighted by atomic mass is 10.0. The Morgan fingerprint density at radius 2 is 2.00 bits per heavy atom. The summed E-state index contributed by atoms with van der Waals surface area (Å²) in [5, 5.41) is 0.300. The maximum atomic E-state index is 5.52. The van der Waals surface area contributed by atoms with Crippen molar-refractivity contribution in [3.8, 4) is 0 Å². The van der Waals surface area contributed by atoms with Gasteiger partial charge in [-0.15, -0.1) is 0 Å². The zero-order chi connectivity index (χ0) is 7.68. The molecule has 3 nitrogen and oxygen atoms in total. The third-order valence-corrected chi connectivity index (χ3v) is 1.94. The van der Waals surface area contributed by atoms with Crippen LogP contribution >= 0.6 is 11.6 Å². The van der Waals surface area contributed by atoms with Gasteiger partial charge in [-0.05, 0) is 17.2 Å². The summed E-state index contributed by atoms with van der Waals surface area (Å²) in [5.41, 5.74) is 1.11. The topological polar surface area (TPSA) is 35.0 Å². The Balaban J connectivity index is 2.18. The minimum absolute atomic E-state index is 0.300.